The number of rotatable bonds is 3. The van der Waals surface area contributed by atoms with Gasteiger partial charge in [-0.05, 0) is 13.0 Å². The molecule has 0 aromatic carbocycles. The van der Waals surface area contributed by atoms with Crippen LogP contribution in [0.4, 0.5) is 42.5 Å². The number of hydrogen-bond acceptors (Lipinski definition) is 6. The number of anilines is 2. The van der Waals surface area contributed by atoms with Crippen LogP contribution in [0.5, 0.6) is 0 Å². The number of halogens is 7. The van der Waals surface area contributed by atoms with Gasteiger partial charge in [-0.3, -0.25) is 14.5 Å². The fraction of sp³-hybridized carbons (Fsp3) is 0.316. The van der Waals surface area contributed by atoms with Crippen LogP contribution >= 0.6 is 11.6 Å². The molecule has 10 nitrogen and oxygen atoms in total. The van der Waals surface area contributed by atoms with Crippen molar-refractivity contribution in [2.45, 2.75) is 24.7 Å². The maximum atomic E-state index is 14.2. The van der Waals surface area contributed by atoms with E-state index in [2.05, 4.69) is 25.2 Å². The van der Waals surface area contributed by atoms with E-state index in [0.29, 0.717) is 11.0 Å². The van der Waals surface area contributed by atoms with Gasteiger partial charge in [0.05, 0.1) is 42.1 Å². The lowest BCUT2D eigenvalue weighted by Crippen LogP contribution is -2.46. The molecule has 4 rings (SSSR count). The number of hydrogen-bond donors (Lipinski definition) is 2. The van der Waals surface area contributed by atoms with E-state index in [1.165, 1.54) is 6.07 Å². The van der Waals surface area contributed by atoms with Crippen LogP contribution in [0.15, 0.2) is 24.5 Å². The lowest BCUT2D eigenvalue weighted by Gasteiger charge is -2.28. The lowest BCUT2D eigenvalue weighted by molar-refractivity contribution is -0.181. The first-order valence-electron chi connectivity index (χ1n) is 9.78. The summed E-state index contributed by atoms with van der Waals surface area (Å²) >= 11 is 5.82. The minimum atomic E-state index is -5.06. The highest BCUT2D eigenvalue weighted by Crippen LogP contribution is 2.50. The summed E-state index contributed by atoms with van der Waals surface area (Å²) in [6.07, 6.45) is -8.16. The zero-order valence-electron chi connectivity index (χ0n) is 18.1. The molecule has 0 unspecified atom stereocenters. The predicted octanol–water partition coefficient (Wildman–Crippen LogP) is 3.96. The summed E-state index contributed by atoms with van der Waals surface area (Å²) in [5, 5.41) is 5.79. The van der Waals surface area contributed by atoms with Crippen LogP contribution in [0.2, 0.25) is 5.15 Å². The van der Waals surface area contributed by atoms with E-state index >= 15 is 0 Å². The number of aromatic nitrogens is 4. The SMILES string of the molecule is CONC(=O)c1ncc(NC(=O)N2C[C@@](C)(C(F)(F)F)c3c2cnc2cc(Cl)nn32)cc1C(F)(F)F. The summed E-state index contributed by atoms with van der Waals surface area (Å²) in [5.74, 6) is -1.30. The molecule has 192 valence electrons. The molecule has 0 saturated heterocycles. The molecule has 1 atom stereocenters. The Morgan fingerprint density at radius 3 is 2.44 bits per heavy atom. The Morgan fingerprint density at radius 2 is 1.83 bits per heavy atom. The van der Waals surface area contributed by atoms with Crippen molar-refractivity contribution in [1.29, 1.82) is 0 Å². The zero-order chi connectivity index (χ0) is 26.6. The highest BCUT2D eigenvalue weighted by molar-refractivity contribution is 6.29. The fourth-order valence-corrected chi connectivity index (χ4v) is 3.93. The Morgan fingerprint density at radius 1 is 1.14 bits per heavy atom. The van der Waals surface area contributed by atoms with Gasteiger partial charge in [0, 0.05) is 12.6 Å². The predicted molar refractivity (Wildman–Crippen MR) is 111 cm³/mol. The van der Waals surface area contributed by atoms with Crippen molar-refractivity contribution >= 4 is 40.6 Å². The average Bonchev–Trinajstić information content (AvgIpc) is 3.30. The van der Waals surface area contributed by atoms with Gasteiger partial charge in [0.2, 0.25) is 0 Å². The van der Waals surface area contributed by atoms with E-state index in [9.17, 15) is 35.9 Å². The summed E-state index contributed by atoms with van der Waals surface area (Å²) in [6.45, 7) is -0.0789. The second kappa shape index (κ2) is 8.48. The highest BCUT2D eigenvalue weighted by atomic mass is 35.5. The van der Waals surface area contributed by atoms with Gasteiger partial charge in [0.25, 0.3) is 5.91 Å². The molecule has 0 bridgehead atoms. The number of hydroxylamine groups is 1. The van der Waals surface area contributed by atoms with E-state index in [0.717, 1.165) is 30.9 Å². The van der Waals surface area contributed by atoms with Gasteiger partial charge >= 0.3 is 18.4 Å². The maximum absolute atomic E-state index is 14.2. The van der Waals surface area contributed by atoms with E-state index in [4.69, 9.17) is 11.6 Å². The molecular weight excluding hydrogens is 524 g/mol. The van der Waals surface area contributed by atoms with Crippen molar-refractivity contribution in [2.75, 3.05) is 23.9 Å². The van der Waals surface area contributed by atoms with Crippen molar-refractivity contribution in [3.63, 3.8) is 0 Å². The van der Waals surface area contributed by atoms with Crippen molar-refractivity contribution in [3.05, 3.63) is 46.6 Å². The minimum Gasteiger partial charge on any atom is -0.306 e. The van der Waals surface area contributed by atoms with Crippen LogP contribution < -0.4 is 15.7 Å². The topological polar surface area (TPSA) is 114 Å². The Hall–Kier alpha value is -3.66. The van der Waals surface area contributed by atoms with E-state index < -0.39 is 58.9 Å². The van der Waals surface area contributed by atoms with Crippen LogP contribution in [0.3, 0.4) is 0 Å². The standard InChI is InChI=1S/C19H14ClF6N7O3/c1-17(19(24,25)26)7-32(10-6-27-12-4-11(20)30-33(12)14(10)17)16(35)29-8-3-9(18(21,22)23)13(28-5-8)15(34)31-36-2/h3-6H,7H2,1-2H3,(H,29,35)(H,31,34)/t17-/m1/s1. The fourth-order valence-electron chi connectivity index (χ4n) is 3.75. The highest BCUT2D eigenvalue weighted by Gasteiger charge is 2.60. The Balaban J connectivity index is 1.74. The minimum absolute atomic E-state index is 0.000395. The molecule has 3 amide bonds. The average molecular weight is 538 g/mol. The first kappa shape index (κ1) is 25.4. The normalized spacial score (nSPS) is 17.9. The number of pyridine rings is 1. The molecule has 17 heteroatoms. The number of fused-ring (bicyclic) bond motifs is 3. The van der Waals surface area contributed by atoms with Gasteiger partial charge in [-0.2, -0.15) is 31.4 Å². The number of nitrogens with one attached hydrogen (secondary N) is 2. The van der Waals surface area contributed by atoms with Gasteiger partial charge in [-0.1, -0.05) is 11.6 Å². The second-order valence-electron chi connectivity index (χ2n) is 7.83. The van der Waals surface area contributed by atoms with Gasteiger partial charge in [-0.25, -0.2) is 24.8 Å². The van der Waals surface area contributed by atoms with Crippen molar-refractivity contribution < 1.29 is 40.8 Å². The molecule has 0 aliphatic carbocycles. The molecule has 1 aliphatic rings. The molecule has 2 N–H and O–H groups in total. The third-order valence-electron chi connectivity index (χ3n) is 5.45. The van der Waals surface area contributed by atoms with Gasteiger partial charge in [-0.15, -0.1) is 0 Å². The molecule has 0 fully saturated rings. The lowest BCUT2D eigenvalue weighted by atomic mass is 9.88. The van der Waals surface area contributed by atoms with Gasteiger partial charge < -0.3 is 5.32 Å². The molecule has 3 aromatic rings. The van der Waals surface area contributed by atoms with Crippen molar-refractivity contribution in [2.24, 2.45) is 0 Å². The van der Waals surface area contributed by atoms with Crippen LogP contribution in [0.1, 0.15) is 28.7 Å². The number of carbonyl (C=O) groups excluding carboxylic acids is 2. The second-order valence-corrected chi connectivity index (χ2v) is 8.22. The quantitative estimate of drug-likeness (QED) is 0.386. The molecule has 4 heterocycles. The monoisotopic (exact) mass is 537 g/mol. The number of amides is 3. The number of nitrogens with zero attached hydrogens (tertiary/aromatic N) is 5. The molecular formula is C19H14ClF6N7O3. The third kappa shape index (κ3) is 4.15. The van der Waals surface area contributed by atoms with E-state index in [1.54, 1.807) is 5.48 Å². The van der Waals surface area contributed by atoms with Crippen LogP contribution in [-0.4, -0.2) is 51.4 Å². The molecule has 0 radical (unpaired) electrons. The summed E-state index contributed by atoms with van der Waals surface area (Å²) in [5.41, 5.74) is -4.70. The Labute approximate surface area is 202 Å². The largest absolute Gasteiger partial charge is 0.418 e. The zero-order valence-corrected chi connectivity index (χ0v) is 18.9. The first-order chi connectivity index (χ1) is 16.7. The molecule has 36 heavy (non-hydrogen) atoms. The van der Waals surface area contributed by atoms with E-state index in [1.807, 2.05) is 0 Å². The summed E-state index contributed by atoms with van der Waals surface area (Å²) in [6, 6.07) is 0.449. The number of carbonyl (C=O) groups is 2. The van der Waals surface area contributed by atoms with Gasteiger partial charge in [0.15, 0.2) is 10.8 Å². The van der Waals surface area contributed by atoms with E-state index in [-0.39, 0.29) is 16.5 Å². The third-order valence-corrected chi connectivity index (χ3v) is 5.63. The molecule has 0 spiro atoms. The molecule has 3 aromatic heterocycles. The van der Waals surface area contributed by atoms with Crippen LogP contribution in [0, 0.1) is 0 Å². The summed E-state index contributed by atoms with van der Waals surface area (Å²) < 4.78 is 83.9. The first-order valence-corrected chi connectivity index (χ1v) is 10.2. The Bertz CT molecular complexity index is 1380. The Kier molecular flexibility index (Phi) is 5.99. The number of alkyl halides is 6. The van der Waals surface area contributed by atoms with Gasteiger partial charge in [0.1, 0.15) is 11.1 Å². The van der Waals surface area contributed by atoms with Crippen LogP contribution in [0.25, 0.3) is 5.65 Å². The van der Waals surface area contributed by atoms with Crippen molar-refractivity contribution in [3.8, 4) is 0 Å². The molecule has 1 aliphatic heterocycles. The molecule has 0 saturated carbocycles. The maximum Gasteiger partial charge on any atom is 0.418 e. The summed E-state index contributed by atoms with van der Waals surface area (Å²) in [4.78, 5) is 37.2. The number of urea groups is 1. The summed E-state index contributed by atoms with van der Waals surface area (Å²) in [7, 11) is 1.00. The smallest absolute Gasteiger partial charge is 0.306 e. The van der Waals surface area contributed by atoms with Crippen LogP contribution in [-0.2, 0) is 16.4 Å². The van der Waals surface area contributed by atoms with Crippen molar-refractivity contribution in [1.82, 2.24) is 25.1 Å².